The number of fused-ring (bicyclic) bond motifs is 7. The Balaban J connectivity index is 0.00000608. The van der Waals surface area contributed by atoms with Gasteiger partial charge in [0.25, 0.3) is 0 Å². The van der Waals surface area contributed by atoms with E-state index in [1.807, 2.05) is 45.0 Å². The first-order valence-electron chi connectivity index (χ1n) is 24.2. The van der Waals surface area contributed by atoms with Crippen LogP contribution in [0.1, 0.15) is 117 Å². The molecule has 6 fully saturated rings. The van der Waals surface area contributed by atoms with E-state index >= 15 is 0 Å². The van der Waals surface area contributed by atoms with E-state index in [0.717, 1.165) is 81.0 Å². The molecular formula is C49H67KN6O10S. The molecule has 4 aliphatic heterocycles. The molecule has 1 aromatic heterocycles. The summed E-state index contributed by atoms with van der Waals surface area (Å²) in [5.41, 5.74) is -0.896. The van der Waals surface area contributed by atoms with E-state index in [4.69, 9.17) is 23.9 Å². The van der Waals surface area contributed by atoms with E-state index < -0.39 is 73.6 Å². The zero-order valence-corrected chi connectivity index (χ0v) is 44.0. The summed E-state index contributed by atoms with van der Waals surface area (Å²) in [6, 6.07) is 6.47. The summed E-state index contributed by atoms with van der Waals surface area (Å²) in [7, 11) is -2.40. The minimum atomic E-state index is -4.15. The topological polar surface area (TPSA) is 197 Å². The zero-order chi connectivity index (χ0) is 46.8. The summed E-state index contributed by atoms with van der Waals surface area (Å²) in [6.45, 7) is 12.4. The van der Waals surface area contributed by atoms with Gasteiger partial charge >= 0.3 is 57.5 Å². The van der Waals surface area contributed by atoms with Crippen molar-refractivity contribution in [1.29, 1.82) is 0 Å². The number of carbonyl (C=O) groups excluding carboxylic acids is 4. The Morgan fingerprint density at radius 2 is 1.78 bits per heavy atom. The molecule has 0 radical (unpaired) electrons. The average molecular weight is 971 g/mol. The molecule has 3 aliphatic carbocycles. The molecular weight excluding hydrogens is 904 g/mol. The zero-order valence-electron chi connectivity index (χ0n) is 40.1. The fourth-order valence-electron chi connectivity index (χ4n) is 10.9. The first-order chi connectivity index (χ1) is 31.4. The number of hydrogen-bond donors (Lipinski definition) is 2. The smallest absolute Gasteiger partial charge is 0.543 e. The molecule has 5 heterocycles. The Morgan fingerprint density at radius 3 is 2.45 bits per heavy atom. The van der Waals surface area contributed by atoms with Gasteiger partial charge < -0.3 is 44.0 Å². The third-order valence-electron chi connectivity index (χ3n) is 15.5. The molecule has 360 valence electrons. The van der Waals surface area contributed by atoms with Crippen molar-refractivity contribution in [3.8, 4) is 11.6 Å². The number of nitrogens with zero attached hydrogens (tertiary/aromatic N) is 4. The average Bonchev–Trinajstić information content (AvgIpc) is 4.23. The number of pyridine rings is 1. The number of ether oxygens (including phenoxy) is 4. The minimum absolute atomic E-state index is 0. The Labute approximate surface area is 437 Å². The number of piperidine rings is 1. The molecule has 16 nitrogen and oxygen atoms in total. The second-order valence-electron chi connectivity index (χ2n) is 21.4. The normalized spacial score (nSPS) is 32.7. The first-order valence-corrected chi connectivity index (χ1v) is 25.6. The molecule has 2 aromatic rings. The number of sulfonamides is 1. The predicted octanol–water partition coefficient (Wildman–Crippen LogP) is 3.10. The van der Waals surface area contributed by atoms with Gasteiger partial charge in [0.05, 0.1) is 40.4 Å². The van der Waals surface area contributed by atoms with Crippen molar-refractivity contribution >= 4 is 44.7 Å². The van der Waals surface area contributed by atoms with Crippen molar-refractivity contribution in [2.24, 2.45) is 17.3 Å². The maximum absolute atomic E-state index is 15.0. The monoisotopic (exact) mass is 970 g/mol. The first kappa shape index (κ1) is 50.5. The molecule has 18 heteroatoms. The van der Waals surface area contributed by atoms with Gasteiger partial charge in [-0.3, -0.25) is 14.5 Å². The number of amides is 4. The molecule has 3 saturated heterocycles. The predicted molar refractivity (Wildman–Crippen MR) is 246 cm³/mol. The molecule has 9 rings (SSSR count). The van der Waals surface area contributed by atoms with Crippen LogP contribution in [0.25, 0.3) is 15.6 Å². The van der Waals surface area contributed by atoms with Crippen molar-refractivity contribution in [3.63, 3.8) is 0 Å². The summed E-state index contributed by atoms with van der Waals surface area (Å²) < 4.78 is 54.4. The summed E-state index contributed by atoms with van der Waals surface area (Å²) in [5.74, 6) is -1.33. The van der Waals surface area contributed by atoms with Crippen molar-refractivity contribution in [1.82, 2.24) is 25.4 Å². The Hall–Kier alpha value is -2.84. The van der Waals surface area contributed by atoms with Gasteiger partial charge in [-0.1, -0.05) is 51.8 Å². The number of para-hydroxylation sites is 1. The number of aromatic nitrogens is 1. The fraction of sp³-hybridized carbons (Fsp3) is 0.694. The molecule has 67 heavy (non-hydrogen) atoms. The van der Waals surface area contributed by atoms with Crippen LogP contribution in [0.4, 0.5) is 4.79 Å². The maximum Gasteiger partial charge on any atom is 1.00 e. The van der Waals surface area contributed by atoms with E-state index in [-0.39, 0.29) is 88.9 Å². The second kappa shape index (κ2) is 19.7. The van der Waals surface area contributed by atoms with Crippen LogP contribution in [-0.2, 0) is 40.3 Å². The van der Waals surface area contributed by atoms with E-state index in [1.165, 1.54) is 11.0 Å². The van der Waals surface area contributed by atoms with Gasteiger partial charge in [-0.15, -0.1) is 6.58 Å². The van der Waals surface area contributed by atoms with Crippen LogP contribution in [0.3, 0.4) is 0 Å². The van der Waals surface area contributed by atoms with Gasteiger partial charge in [0, 0.05) is 43.5 Å². The molecule has 4 amide bonds. The van der Waals surface area contributed by atoms with Crippen LogP contribution in [-0.4, -0.2) is 127 Å². The summed E-state index contributed by atoms with van der Waals surface area (Å²) >= 11 is 0. The van der Waals surface area contributed by atoms with Crippen LogP contribution in [0.2, 0.25) is 0 Å². The fourth-order valence-corrected chi connectivity index (χ4v) is 12.2. The van der Waals surface area contributed by atoms with E-state index in [0.29, 0.717) is 49.3 Å². The summed E-state index contributed by atoms with van der Waals surface area (Å²) in [4.78, 5) is 66.1. The molecule has 0 spiro atoms. The van der Waals surface area contributed by atoms with Gasteiger partial charge in [0.15, 0.2) is 0 Å². The Bertz CT molecular complexity index is 2340. The molecule has 9 atom stereocenters. The van der Waals surface area contributed by atoms with Gasteiger partial charge in [-0.2, -0.15) is 0 Å². The number of nitrogens with one attached hydrogen (secondary N) is 2. The van der Waals surface area contributed by atoms with Crippen molar-refractivity contribution in [2.75, 3.05) is 26.8 Å². The van der Waals surface area contributed by atoms with Crippen LogP contribution in [0.5, 0.6) is 11.6 Å². The number of alkyl carbamates (subject to hydrolysis) is 1. The Morgan fingerprint density at radius 1 is 1.04 bits per heavy atom. The molecule has 3 saturated carbocycles. The molecule has 7 aliphatic rings. The number of benzene rings is 1. The Kier molecular flexibility index (Phi) is 14.9. The summed E-state index contributed by atoms with van der Waals surface area (Å²) in [5, 5.41) is 6.60. The molecule has 2 N–H and O–H groups in total. The standard InChI is InChI=1S/C49H68N6O10S.K/c1-7-30-27-49(30,45(58)53-66(60,61)48(5)19-20-48)52-42(56)38-26-34-28-55(38)44(57)41(47(2,3)4)51-46(59)65-39-23-29(39)13-9-8-10-15-36-40(35-14-11-12-16-37(35)50-43(36)64-34)63-33-24-31-17-18-32(25-33)54(31)21-22-62-6;/h7,11-12,14,16,29-34,38-39,41H,1,8-10,13,15,17-28H2,2-6H3,(H3,51,52,53,56,58,59);/q;+1/p-1/t29-,30-,31?,32?,33?,34-,38+,39-,41-,49-;/m1./s1. The van der Waals surface area contributed by atoms with Crippen molar-refractivity contribution in [3.05, 3.63) is 47.2 Å². The number of hydrogen-bond acceptors (Lipinski definition) is 12. The maximum atomic E-state index is 15.0. The molecule has 1 aromatic carbocycles. The number of carbonyl (C=O) groups is 4. The van der Waals surface area contributed by atoms with Crippen LogP contribution < -0.4 is 71.5 Å². The minimum Gasteiger partial charge on any atom is -0.543 e. The number of methoxy groups -OCH3 is 1. The van der Waals surface area contributed by atoms with Crippen LogP contribution in [0, 0.1) is 17.3 Å². The van der Waals surface area contributed by atoms with E-state index in [2.05, 4.69) is 26.8 Å². The largest absolute Gasteiger partial charge is 1.00 e. The quantitative estimate of drug-likeness (QED) is 0.247. The third kappa shape index (κ3) is 10.5. The molecule has 4 bridgehead atoms. The van der Waals surface area contributed by atoms with Gasteiger partial charge in [0.1, 0.15) is 46.2 Å². The third-order valence-corrected chi connectivity index (χ3v) is 17.6. The van der Waals surface area contributed by atoms with Crippen LogP contribution in [0.15, 0.2) is 36.9 Å². The SMILES string of the molecule is C=C[C@@H]1C[C@]1(NC(=O)[C@@H]1C[C@@H]2CN1C(=O)[C@H](C(C)(C)C)NC(=O)O[C@@H]1C[C@H]1CCCCCc1c(nc3ccccc3c1OC1CC3CCC(C1)N3CCOC)O2)C(=O)[N-]S(=O)(=O)C1(C)CC1.[K+]. The van der Waals surface area contributed by atoms with E-state index in [1.54, 1.807) is 14.0 Å². The summed E-state index contributed by atoms with van der Waals surface area (Å²) in [6.07, 6.45) is 9.80. The van der Waals surface area contributed by atoms with Gasteiger partial charge in [-0.05, 0) is 101 Å². The van der Waals surface area contributed by atoms with Gasteiger partial charge in [-0.25, -0.2) is 18.2 Å². The molecule has 2 unspecified atom stereocenters. The second-order valence-corrected chi connectivity index (χ2v) is 23.5. The van der Waals surface area contributed by atoms with Crippen molar-refractivity contribution < 1.29 is 97.9 Å². The number of rotatable bonds is 11. The van der Waals surface area contributed by atoms with E-state index in [9.17, 15) is 27.6 Å². The van der Waals surface area contributed by atoms with Gasteiger partial charge in [0.2, 0.25) is 17.7 Å². The van der Waals surface area contributed by atoms with Crippen LogP contribution >= 0.6 is 0 Å². The van der Waals surface area contributed by atoms with Crippen molar-refractivity contribution in [2.45, 2.75) is 170 Å².